The minimum atomic E-state index is -3.15. The van der Waals surface area contributed by atoms with Gasteiger partial charge < -0.3 is 10.6 Å². The lowest BCUT2D eigenvalue weighted by Crippen LogP contribution is -2.47. The van der Waals surface area contributed by atoms with Crippen LogP contribution in [-0.4, -0.2) is 38.1 Å². The van der Waals surface area contributed by atoms with Crippen LogP contribution in [0, 0.1) is 0 Å². The number of nitrogen functional groups attached to an aromatic ring is 1. The molecule has 1 atom stereocenters. The lowest BCUT2D eigenvalue weighted by atomic mass is 10.2. The first kappa shape index (κ1) is 13.8. The summed E-state index contributed by atoms with van der Waals surface area (Å²) in [5.41, 5.74) is 7.19. The summed E-state index contributed by atoms with van der Waals surface area (Å²) < 4.78 is 23.7. The van der Waals surface area contributed by atoms with Crippen LogP contribution in [0.1, 0.15) is 0 Å². The Morgan fingerprint density at radius 2 is 2.22 bits per heavy atom. The van der Waals surface area contributed by atoms with Gasteiger partial charge in [0.15, 0.2) is 9.84 Å². The fourth-order valence-electron chi connectivity index (χ4n) is 1.98. The Morgan fingerprint density at radius 3 is 2.89 bits per heavy atom. The first-order valence-electron chi connectivity index (χ1n) is 5.48. The van der Waals surface area contributed by atoms with E-state index in [1.807, 2.05) is 4.90 Å². The van der Waals surface area contributed by atoms with Gasteiger partial charge in [-0.2, -0.15) is 11.8 Å². The van der Waals surface area contributed by atoms with Crippen LogP contribution >= 0.6 is 23.4 Å². The van der Waals surface area contributed by atoms with Crippen molar-refractivity contribution in [2.24, 2.45) is 0 Å². The van der Waals surface area contributed by atoms with Crippen molar-refractivity contribution in [3.8, 4) is 0 Å². The van der Waals surface area contributed by atoms with Gasteiger partial charge in [-0.05, 0) is 18.2 Å². The monoisotopic (exact) mass is 306 g/mol. The molecule has 0 spiro atoms. The van der Waals surface area contributed by atoms with Gasteiger partial charge in [-0.25, -0.2) is 8.42 Å². The zero-order valence-corrected chi connectivity index (χ0v) is 12.4. The quantitative estimate of drug-likeness (QED) is 0.845. The zero-order chi connectivity index (χ0) is 13.3. The molecular formula is C11H15ClN2O2S2. The van der Waals surface area contributed by atoms with Crippen LogP contribution in [0.15, 0.2) is 18.2 Å². The maximum atomic E-state index is 11.8. The summed E-state index contributed by atoms with van der Waals surface area (Å²) in [7, 11) is -3.15. The second-order valence-electron chi connectivity index (χ2n) is 4.26. The van der Waals surface area contributed by atoms with Crippen LogP contribution in [0.4, 0.5) is 11.4 Å². The molecule has 0 amide bonds. The largest absolute Gasteiger partial charge is 0.397 e. The highest BCUT2D eigenvalue weighted by atomic mass is 35.5. The van der Waals surface area contributed by atoms with E-state index in [2.05, 4.69) is 0 Å². The molecule has 2 rings (SSSR count). The summed E-state index contributed by atoms with van der Waals surface area (Å²) in [4.78, 5) is 1.84. The van der Waals surface area contributed by atoms with Crippen molar-refractivity contribution in [3.05, 3.63) is 23.2 Å². The van der Waals surface area contributed by atoms with Crippen molar-refractivity contribution in [2.75, 3.05) is 34.9 Å². The molecule has 1 heterocycles. The Morgan fingerprint density at radius 1 is 1.50 bits per heavy atom. The molecule has 0 aromatic heterocycles. The van der Waals surface area contributed by atoms with Gasteiger partial charge >= 0.3 is 0 Å². The number of nitrogens with zero attached hydrogens (tertiary/aromatic N) is 1. The van der Waals surface area contributed by atoms with Crippen LogP contribution in [0.25, 0.3) is 0 Å². The van der Waals surface area contributed by atoms with Crippen LogP contribution < -0.4 is 10.6 Å². The summed E-state index contributed by atoms with van der Waals surface area (Å²) in [5, 5.41) is 0.0293. The molecule has 18 heavy (non-hydrogen) atoms. The van der Waals surface area contributed by atoms with Crippen molar-refractivity contribution in [3.63, 3.8) is 0 Å². The Kier molecular flexibility index (Phi) is 3.99. The third-order valence-corrected chi connectivity index (χ3v) is 5.76. The van der Waals surface area contributed by atoms with Crippen molar-refractivity contribution in [2.45, 2.75) is 5.37 Å². The third kappa shape index (κ3) is 2.87. The number of nitrogens with two attached hydrogens (primary N) is 1. The smallest absolute Gasteiger partial charge is 0.169 e. The van der Waals surface area contributed by atoms with E-state index in [0.717, 1.165) is 5.75 Å². The van der Waals surface area contributed by atoms with Crippen molar-refractivity contribution < 1.29 is 8.42 Å². The summed E-state index contributed by atoms with van der Waals surface area (Å²) in [6.45, 7) is 0.660. The molecule has 100 valence electrons. The van der Waals surface area contributed by atoms with E-state index in [4.69, 9.17) is 17.3 Å². The van der Waals surface area contributed by atoms with Crippen molar-refractivity contribution in [1.29, 1.82) is 0 Å². The second-order valence-corrected chi connectivity index (χ2v) is 8.05. The van der Waals surface area contributed by atoms with Crippen molar-refractivity contribution in [1.82, 2.24) is 0 Å². The number of benzene rings is 1. The van der Waals surface area contributed by atoms with Crippen molar-refractivity contribution >= 4 is 44.6 Å². The predicted octanol–water partition coefficient (Wildman–Crippen LogP) is 1.85. The SMILES string of the molecule is CS(=O)(=O)C1CSCCN1c1cc(Cl)ccc1N. The van der Waals surface area contributed by atoms with E-state index in [1.165, 1.54) is 6.26 Å². The highest BCUT2D eigenvalue weighted by Crippen LogP contribution is 2.32. The van der Waals surface area contributed by atoms with E-state index < -0.39 is 15.2 Å². The van der Waals surface area contributed by atoms with Gasteiger partial charge in [-0.1, -0.05) is 11.6 Å². The third-order valence-electron chi connectivity index (χ3n) is 2.88. The fourth-order valence-corrected chi connectivity index (χ4v) is 4.98. The molecule has 1 unspecified atom stereocenters. The van der Waals surface area contributed by atoms with Gasteiger partial charge in [-0.3, -0.25) is 0 Å². The molecule has 1 aromatic rings. The number of rotatable bonds is 2. The van der Waals surface area contributed by atoms with Gasteiger partial charge in [-0.15, -0.1) is 0 Å². The topological polar surface area (TPSA) is 63.4 Å². The number of hydrogen-bond donors (Lipinski definition) is 1. The first-order chi connectivity index (χ1) is 8.39. The molecule has 0 radical (unpaired) electrons. The number of thioether (sulfide) groups is 1. The van der Waals surface area contributed by atoms with E-state index in [1.54, 1.807) is 30.0 Å². The molecule has 0 aliphatic carbocycles. The number of sulfone groups is 1. The Labute approximate surface area is 116 Å². The molecular weight excluding hydrogens is 292 g/mol. The molecule has 1 aromatic carbocycles. The number of halogens is 1. The maximum Gasteiger partial charge on any atom is 0.169 e. The van der Waals surface area contributed by atoms with Gasteiger partial charge in [0.1, 0.15) is 5.37 Å². The average Bonchev–Trinajstić information content (AvgIpc) is 2.31. The maximum absolute atomic E-state index is 11.8. The fraction of sp³-hybridized carbons (Fsp3) is 0.455. The molecule has 0 saturated carbocycles. The minimum Gasteiger partial charge on any atom is -0.397 e. The van der Waals surface area contributed by atoms with E-state index in [0.29, 0.717) is 28.7 Å². The molecule has 1 fully saturated rings. The zero-order valence-electron chi connectivity index (χ0n) is 9.97. The van der Waals surface area contributed by atoms with Gasteiger partial charge in [0, 0.05) is 29.3 Å². The molecule has 0 bridgehead atoms. The highest BCUT2D eigenvalue weighted by molar-refractivity contribution is 8.01. The standard InChI is InChI=1S/C11H15ClN2O2S2/c1-18(15,16)11-7-17-5-4-14(11)10-6-8(12)2-3-9(10)13/h2-3,6,11H,4-5,7,13H2,1H3. The summed E-state index contributed by atoms with van der Waals surface area (Å²) >= 11 is 7.60. The number of anilines is 2. The van der Waals surface area contributed by atoms with Crippen LogP contribution in [0.2, 0.25) is 5.02 Å². The molecule has 2 N–H and O–H groups in total. The van der Waals surface area contributed by atoms with Crippen LogP contribution in [0.3, 0.4) is 0 Å². The van der Waals surface area contributed by atoms with Crippen LogP contribution in [0.5, 0.6) is 0 Å². The summed E-state index contributed by atoms with van der Waals surface area (Å²) in [5.74, 6) is 1.45. The van der Waals surface area contributed by atoms with Gasteiger partial charge in [0.2, 0.25) is 0 Å². The molecule has 1 aliphatic heterocycles. The van der Waals surface area contributed by atoms with E-state index in [9.17, 15) is 8.42 Å². The van der Waals surface area contributed by atoms with Gasteiger partial charge in [0.25, 0.3) is 0 Å². The average molecular weight is 307 g/mol. The second kappa shape index (κ2) is 5.19. The normalized spacial score (nSPS) is 21.0. The number of hydrogen-bond acceptors (Lipinski definition) is 5. The summed E-state index contributed by atoms with van der Waals surface area (Å²) in [6.07, 6.45) is 1.26. The highest BCUT2D eigenvalue weighted by Gasteiger charge is 2.32. The first-order valence-corrected chi connectivity index (χ1v) is 8.96. The summed E-state index contributed by atoms with van der Waals surface area (Å²) in [6, 6.07) is 5.14. The molecule has 7 heteroatoms. The predicted molar refractivity (Wildman–Crippen MR) is 79.2 cm³/mol. The van der Waals surface area contributed by atoms with E-state index >= 15 is 0 Å². The lowest BCUT2D eigenvalue weighted by Gasteiger charge is -2.36. The lowest BCUT2D eigenvalue weighted by molar-refractivity contribution is 0.584. The van der Waals surface area contributed by atoms with Gasteiger partial charge in [0.05, 0.1) is 11.4 Å². The van der Waals surface area contributed by atoms with Crippen LogP contribution in [-0.2, 0) is 9.84 Å². The molecule has 4 nitrogen and oxygen atoms in total. The molecule has 1 saturated heterocycles. The van der Waals surface area contributed by atoms with E-state index in [-0.39, 0.29) is 0 Å². The molecule has 1 aliphatic rings. The Bertz CT molecular complexity index is 548. The Hall–Kier alpha value is -0.590. The minimum absolute atomic E-state index is 0.531. The Balaban J connectivity index is 2.43.